The Morgan fingerprint density at radius 2 is 1.56 bits per heavy atom. The van der Waals surface area contributed by atoms with Crippen molar-refractivity contribution in [2.24, 2.45) is 0 Å². The normalized spacial score (nSPS) is 17.4. The SMILES string of the molecule is Cc1noc(N(C(=O)c2c[nH]c3ncccc3c2=O)C2CCC(O[Si](c3ccccc3)(c3ccccc3)C(C)(C)C)CC2)c1C. The van der Waals surface area contributed by atoms with Crippen LogP contribution in [0.2, 0.25) is 5.04 Å². The van der Waals surface area contributed by atoms with E-state index < -0.39 is 14.2 Å². The highest BCUT2D eigenvalue weighted by Crippen LogP contribution is 2.40. The minimum Gasteiger partial charge on any atom is -0.404 e. The van der Waals surface area contributed by atoms with Crippen LogP contribution in [-0.4, -0.2) is 41.5 Å². The van der Waals surface area contributed by atoms with Crippen molar-refractivity contribution < 1.29 is 13.7 Å². The van der Waals surface area contributed by atoms with Crippen LogP contribution in [0.15, 0.2) is 94.5 Å². The third kappa shape index (κ3) is 5.55. The van der Waals surface area contributed by atoms with Crippen molar-refractivity contribution in [1.82, 2.24) is 15.1 Å². The van der Waals surface area contributed by atoms with E-state index in [1.165, 1.54) is 16.6 Å². The molecule has 45 heavy (non-hydrogen) atoms. The van der Waals surface area contributed by atoms with Gasteiger partial charge in [0, 0.05) is 30.1 Å². The molecule has 6 rings (SSSR count). The Bertz CT molecular complexity index is 1820. The molecule has 1 saturated carbocycles. The molecule has 9 heteroatoms. The minimum atomic E-state index is -2.72. The van der Waals surface area contributed by atoms with E-state index >= 15 is 0 Å². The Morgan fingerprint density at radius 1 is 0.933 bits per heavy atom. The van der Waals surface area contributed by atoms with Gasteiger partial charge in [0.25, 0.3) is 14.2 Å². The molecule has 0 radical (unpaired) electrons. The number of aromatic nitrogens is 3. The topological polar surface area (TPSA) is 101 Å². The lowest BCUT2D eigenvalue weighted by molar-refractivity contribution is 0.0930. The molecule has 3 aromatic heterocycles. The molecule has 232 valence electrons. The fourth-order valence-electron chi connectivity index (χ4n) is 6.76. The van der Waals surface area contributed by atoms with E-state index in [0.717, 1.165) is 18.4 Å². The second kappa shape index (κ2) is 12.2. The number of benzene rings is 2. The molecule has 0 unspecified atom stereocenters. The van der Waals surface area contributed by atoms with Gasteiger partial charge in [0.1, 0.15) is 11.2 Å². The first-order valence-corrected chi connectivity index (χ1v) is 17.5. The summed E-state index contributed by atoms with van der Waals surface area (Å²) >= 11 is 0. The number of H-pyrrole nitrogens is 1. The average Bonchev–Trinajstić information content (AvgIpc) is 3.38. The number of aromatic amines is 1. The zero-order chi connectivity index (χ0) is 31.8. The van der Waals surface area contributed by atoms with Crippen LogP contribution in [0.25, 0.3) is 11.0 Å². The predicted molar refractivity (Wildman–Crippen MR) is 180 cm³/mol. The maximum absolute atomic E-state index is 14.3. The summed E-state index contributed by atoms with van der Waals surface area (Å²) in [7, 11) is -2.72. The number of hydrogen-bond donors (Lipinski definition) is 1. The molecule has 5 aromatic rings. The monoisotopic (exact) mass is 620 g/mol. The summed E-state index contributed by atoms with van der Waals surface area (Å²) in [5, 5.41) is 6.90. The maximum atomic E-state index is 14.3. The lowest BCUT2D eigenvalue weighted by Crippen LogP contribution is -2.68. The molecular weight excluding hydrogens is 581 g/mol. The molecule has 2 aromatic carbocycles. The van der Waals surface area contributed by atoms with Gasteiger partial charge in [0.2, 0.25) is 11.3 Å². The van der Waals surface area contributed by atoms with Crippen molar-refractivity contribution in [3.8, 4) is 0 Å². The van der Waals surface area contributed by atoms with Crippen molar-refractivity contribution >= 4 is 41.5 Å². The van der Waals surface area contributed by atoms with E-state index in [2.05, 4.69) is 96.6 Å². The molecule has 1 aliphatic carbocycles. The highest BCUT2D eigenvalue weighted by molar-refractivity contribution is 6.99. The fourth-order valence-corrected chi connectivity index (χ4v) is 11.5. The number of amides is 1. The van der Waals surface area contributed by atoms with Gasteiger partial charge in [-0.3, -0.25) is 14.5 Å². The Kier molecular flexibility index (Phi) is 8.33. The molecule has 0 saturated heterocycles. The minimum absolute atomic E-state index is 0.0113. The Morgan fingerprint density at radius 3 is 2.11 bits per heavy atom. The van der Waals surface area contributed by atoms with Gasteiger partial charge in [-0.2, -0.15) is 0 Å². The van der Waals surface area contributed by atoms with Gasteiger partial charge >= 0.3 is 0 Å². The van der Waals surface area contributed by atoms with Gasteiger partial charge in [-0.1, -0.05) is 86.6 Å². The van der Waals surface area contributed by atoms with E-state index in [1.807, 2.05) is 13.8 Å². The number of rotatable bonds is 7. The van der Waals surface area contributed by atoms with E-state index in [1.54, 1.807) is 23.2 Å². The maximum Gasteiger partial charge on any atom is 0.266 e. The number of nitrogens with zero attached hydrogens (tertiary/aromatic N) is 3. The average molecular weight is 621 g/mol. The van der Waals surface area contributed by atoms with Crippen LogP contribution in [0, 0.1) is 13.8 Å². The van der Waals surface area contributed by atoms with Gasteiger partial charge in [-0.25, -0.2) is 4.98 Å². The van der Waals surface area contributed by atoms with Crippen LogP contribution >= 0.6 is 0 Å². The van der Waals surface area contributed by atoms with Crippen molar-refractivity contribution in [1.29, 1.82) is 0 Å². The number of carbonyl (C=O) groups excluding carboxylic acids is 1. The molecule has 0 atom stereocenters. The third-order valence-corrected chi connectivity index (χ3v) is 14.3. The van der Waals surface area contributed by atoms with E-state index in [9.17, 15) is 9.59 Å². The van der Waals surface area contributed by atoms with Crippen molar-refractivity contribution in [3.63, 3.8) is 0 Å². The zero-order valence-corrected chi connectivity index (χ0v) is 27.5. The van der Waals surface area contributed by atoms with E-state index in [4.69, 9.17) is 8.95 Å². The van der Waals surface area contributed by atoms with Crippen molar-refractivity contribution in [2.75, 3.05) is 4.90 Å². The number of nitrogens with one attached hydrogen (secondary N) is 1. The third-order valence-electron chi connectivity index (χ3n) is 9.22. The first-order chi connectivity index (χ1) is 21.6. The number of pyridine rings is 2. The summed E-state index contributed by atoms with van der Waals surface area (Å²) in [6.07, 6.45) is 6.01. The smallest absolute Gasteiger partial charge is 0.266 e. The van der Waals surface area contributed by atoms with Crippen molar-refractivity contribution in [3.05, 3.63) is 112 Å². The molecule has 0 bridgehead atoms. The first kappa shape index (κ1) is 30.7. The lowest BCUT2D eigenvalue weighted by atomic mass is 9.91. The van der Waals surface area contributed by atoms with Gasteiger partial charge in [-0.15, -0.1) is 0 Å². The van der Waals surface area contributed by atoms with Crippen LogP contribution in [0.3, 0.4) is 0 Å². The molecule has 0 spiro atoms. The van der Waals surface area contributed by atoms with Gasteiger partial charge < -0.3 is 13.9 Å². The highest BCUT2D eigenvalue weighted by Gasteiger charge is 2.52. The van der Waals surface area contributed by atoms with Crippen LogP contribution in [0.4, 0.5) is 5.88 Å². The van der Waals surface area contributed by atoms with E-state index in [0.29, 0.717) is 35.5 Å². The van der Waals surface area contributed by atoms with Crippen molar-refractivity contribution in [2.45, 2.75) is 77.5 Å². The van der Waals surface area contributed by atoms with E-state index in [-0.39, 0.29) is 28.2 Å². The number of aryl methyl sites for hydroxylation is 1. The number of carbonyl (C=O) groups is 1. The standard InChI is InChI=1S/C36H40N4O4Si/c1-24-25(2)39-43-35(24)40(34(42)31-23-38-33-30(32(31)41)17-12-22-37-33)26-18-20-27(21-19-26)44-45(36(3,4)5,28-13-8-6-9-14-28)29-15-10-7-11-16-29/h6-17,22-23,26-27H,18-21H2,1-5H3,(H,37,38,41). The van der Waals surface area contributed by atoms with Crippen LogP contribution in [-0.2, 0) is 4.43 Å². The molecular formula is C36H40N4O4Si. The molecule has 1 aliphatic rings. The fraction of sp³-hybridized carbons (Fsp3) is 0.333. The number of anilines is 1. The summed E-state index contributed by atoms with van der Waals surface area (Å²) in [6, 6.07) is 24.5. The summed E-state index contributed by atoms with van der Waals surface area (Å²) in [5.74, 6) is -0.0165. The molecule has 3 heterocycles. The summed E-state index contributed by atoms with van der Waals surface area (Å²) in [6.45, 7) is 10.6. The van der Waals surface area contributed by atoms with Crippen LogP contribution in [0.1, 0.15) is 68.1 Å². The van der Waals surface area contributed by atoms with Gasteiger partial charge in [0.05, 0.1) is 11.1 Å². The predicted octanol–water partition coefficient (Wildman–Crippen LogP) is 6.06. The second-order valence-corrected chi connectivity index (χ2v) is 17.3. The first-order valence-electron chi connectivity index (χ1n) is 15.6. The zero-order valence-electron chi connectivity index (χ0n) is 26.5. The summed E-state index contributed by atoms with van der Waals surface area (Å²) in [5.41, 5.74) is 1.63. The van der Waals surface area contributed by atoms with Crippen LogP contribution in [0.5, 0.6) is 0 Å². The lowest BCUT2D eigenvalue weighted by Gasteiger charge is -2.46. The highest BCUT2D eigenvalue weighted by atomic mass is 28.4. The van der Waals surface area contributed by atoms with Gasteiger partial charge in [-0.05, 0) is 67.1 Å². The Balaban J connectivity index is 1.32. The summed E-state index contributed by atoms with van der Waals surface area (Å²) in [4.78, 5) is 36.7. The molecule has 1 fully saturated rings. The molecule has 1 amide bonds. The molecule has 8 nitrogen and oxygen atoms in total. The Hall–Kier alpha value is -4.34. The van der Waals surface area contributed by atoms with Gasteiger partial charge in [0.15, 0.2) is 0 Å². The number of hydrogen-bond acceptors (Lipinski definition) is 6. The largest absolute Gasteiger partial charge is 0.404 e. The molecule has 0 aliphatic heterocycles. The Labute approximate surface area is 264 Å². The summed E-state index contributed by atoms with van der Waals surface area (Å²) < 4.78 is 13.2. The number of fused-ring (bicyclic) bond motifs is 1. The molecule has 1 N–H and O–H groups in total. The second-order valence-electron chi connectivity index (χ2n) is 13.0. The quantitative estimate of drug-likeness (QED) is 0.222. The van der Waals surface area contributed by atoms with Crippen LogP contribution < -0.4 is 20.7 Å².